The molecule has 0 aliphatic carbocycles. The van der Waals surface area contributed by atoms with Gasteiger partial charge in [0.1, 0.15) is 5.75 Å². The van der Waals surface area contributed by atoms with Gasteiger partial charge in [0.15, 0.2) is 4.80 Å². The Balaban J connectivity index is 1.81. The van der Waals surface area contributed by atoms with Crippen LogP contribution in [0.1, 0.15) is 17.5 Å². The summed E-state index contributed by atoms with van der Waals surface area (Å²) in [5.74, 6) is 1.61. The number of thioether (sulfide) groups is 1. The Labute approximate surface area is 167 Å². The molecule has 27 heavy (non-hydrogen) atoms. The fourth-order valence-electron chi connectivity index (χ4n) is 2.74. The quantitative estimate of drug-likeness (QED) is 0.583. The van der Waals surface area contributed by atoms with Gasteiger partial charge in [-0.2, -0.15) is 16.8 Å². The number of benzene rings is 2. The lowest BCUT2D eigenvalue weighted by Gasteiger charge is -2.06. The highest BCUT2D eigenvalue weighted by atomic mass is 32.2. The minimum absolute atomic E-state index is 0.149. The lowest BCUT2D eigenvalue weighted by Crippen LogP contribution is -2.18. The molecule has 0 spiro atoms. The predicted octanol–water partition coefficient (Wildman–Crippen LogP) is 4.58. The van der Waals surface area contributed by atoms with Crippen molar-refractivity contribution in [3.05, 3.63) is 58.4 Å². The maximum atomic E-state index is 12.4. The molecule has 2 aromatic carbocycles. The summed E-state index contributed by atoms with van der Waals surface area (Å²) < 4.78 is 8.95. The van der Waals surface area contributed by atoms with E-state index in [0.717, 1.165) is 28.4 Å². The Morgan fingerprint density at radius 3 is 2.67 bits per heavy atom. The van der Waals surface area contributed by atoms with Crippen LogP contribution in [-0.4, -0.2) is 29.1 Å². The molecule has 0 atom stereocenters. The van der Waals surface area contributed by atoms with E-state index in [1.807, 2.05) is 30.3 Å². The van der Waals surface area contributed by atoms with Crippen LogP contribution in [0.25, 0.3) is 10.2 Å². The molecule has 0 saturated carbocycles. The number of aromatic nitrogens is 1. The van der Waals surface area contributed by atoms with Crippen molar-refractivity contribution in [2.75, 3.05) is 18.6 Å². The summed E-state index contributed by atoms with van der Waals surface area (Å²) >= 11 is 3.37. The fourth-order valence-corrected chi connectivity index (χ4v) is 4.26. The number of para-hydroxylation sites is 1. The second-order valence-corrected chi connectivity index (χ2v) is 8.35. The van der Waals surface area contributed by atoms with Crippen molar-refractivity contribution in [2.45, 2.75) is 26.8 Å². The lowest BCUT2D eigenvalue weighted by molar-refractivity contribution is -0.118. The maximum Gasteiger partial charge on any atom is 0.251 e. The first kappa shape index (κ1) is 19.7. The molecule has 4 nitrogen and oxygen atoms in total. The van der Waals surface area contributed by atoms with Crippen LogP contribution in [0.3, 0.4) is 0 Å². The molecule has 0 radical (unpaired) electrons. The van der Waals surface area contributed by atoms with Crippen molar-refractivity contribution in [3.63, 3.8) is 0 Å². The summed E-state index contributed by atoms with van der Waals surface area (Å²) in [5, 5.41) is 0. The van der Waals surface area contributed by atoms with E-state index in [9.17, 15) is 4.79 Å². The van der Waals surface area contributed by atoms with Crippen LogP contribution >= 0.6 is 23.1 Å². The van der Waals surface area contributed by atoms with Gasteiger partial charge in [-0.05, 0) is 55.5 Å². The number of ether oxygens (including phenoxy) is 1. The van der Waals surface area contributed by atoms with Crippen molar-refractivity contribution in [1.82, 2.24) is 4.57 Å². The summed E-state index contributed by atoms with van der Waals surface area (Å²) in [5.41, 5.74) is 3.67. The van der Waals surface area contributed by atoms with Gasteiger partial charge in [0.05, 0.1) is 23.2 Å². The third-order valence-electron chi connectivity index (χ3n) is 4.37. The highest BCUT2D eigenvalue weighted by Crippen LogP contribution is 2.22. The molecule has 3 rings (SSSR count). The van der Waals surface area contributed by atoms with Crippen molar-refractivity contribution in [1.29, 1.82) is 0 Å². The van der Waals surface area contributed by atoms with Crippen molar-refractivity contribution in [2.24, 2.45) is 4.99 Å². The average Bonchev–Trinajstić information content (AvgIpc) is 2.97. The third kappa shape index (κ3) is 5.02. The van der Waals surface area contributed by atoms with E-state index in [0.29, 0.717) is 6.61 Å². The fraction of sp³-hybridized carbons (Fsp3) is 0.333. The second-order valence-electron chi connectivity index (χ2n) is 6.35. The van der Waals surface area contributed by atoms with Gasteiger partial charge in [0, 0.05) is 12.3 Å². The lowest BCUT2D eigenvalue weighted by atomic mass is 10.1. The summed E-state index contributed by atoms with van der Waals surface area (Å²) in [7, 11) is 0. The third-order valence-corrected chi connectivity index (χ3v) is 6.00. The molecule has 0 aliphatic heterocycles. The smallest absolute Gasteiger partial charge is 0.251 e. The van der Waals surface area contributed by atoms with Gasteiger partial charge in [0.2, 0.25) is 0 Å². The van der Waals surface area contributed by atoms with Gasteiger partial charge in [-0.15, -0.1) is 0 Å². The van der Waals surface area contributed by atoms with E-state index in [1.54, 1.807) is 23.1 Å². The van der Waals surface area contributed by atoms with E-state index in [-0.39, 0.29) is 12.3 Å². The summed E-state index contributed by atoms with van der Waals surface area (Å²) in [6.07, 6.45) is 2.36. The number of nitrogens with zero attached hydrogens (tertiary/aromatic N) is 2. The molecule has 142 valence electrons. The Kier molecular flexibility index (Phi) is 6.74. The van der Waals surface area contributed by atoms with Crippen LogP contribution < -0.4 is 9.54 Å². The van der Waals surface area contributed by atoms with E-state index < -0.39 is 0 Å². The predicted molar refractivity (Wildman–Crippen MR) is 115 cm³/mol. The highest BCUT2D eigenvalue weighted by molar-refractivity contribution is 7.98. The minimum atomic E-state index is -0.149. The molecular formula is C21H24N2O2S2. The topological polar surface area (TPSA) is 43.6 Å². The number of fused-ring (bicyclic) bond motifs is 1. The summed E-state index contributed by atoms with van der Waals surface area (Å²) in [6, 6.07) is 13.9. The zero-order valence-electron chi connectivity index (χ0n) is 15.9. The maximum absolute atomic E-state index is 12.4. The highest BCUT2D eigenvalue weighted by Gasteiger charge is 2.10. The average molecular weight is 401 g/mol. The molecule has 1 amide bonds. The zero-order chi connectivity index (χ0) is 19.2. The molecule has 3 aromatic rings. The van der Waals surface area contributed by atoms with Gasteiger partial charge < -0.3 is 9.30 Å². The zero-order valence-corrected chi connectivity index (χ0v) is 17.5. The number of rotatable bonds is 7. The Hall–Kier alpha value is -2.05. The largest absolute Gasteiger partial charge is 0.493 e. The number of amides is 1. The van der Waals surface area contributed by atoms with Crippen LogP contribution in [-0.2, 0) is 11.3 Å². The number of carbonyl (C=O) groups excluding carboxylic acids is 1. The summed E-state index contributed by atoms with van der Waals surface area (Å²) in [6.45, 7) is 5.41. The van der Waals surface area contributed by atoms with Crippen LogP contribution in [0.15, 0.2) is 47.5 Å². The van der Waals surface area contributed by atoms with Crippen molar-refractivity contribution < 1.29 is 9.53 Å². The van der Waals surface area contributed by atoms with Crippen molar-refractivity contribution in [3.8, 4) is 5.75 Å². The molecule has 1 heterocycles. The Morgan fingerprint density at radius 1 is 1.19 bits per heavy atom. The molecule has 0 saturated heterocycles. The molecule has 6 heteroatoms. The van der Waals surface area contributed by atoms with Crippen molar-refractivity contribution >= 4 is 39.2 Å². The molecule has 0 aliphatic rings. The van der Waals surface area contributed by atoms with Crippen LogP contribution in [0.2, 0.25) is 0 Å². The molecule has 0 N–H and O–H groups in total. The monoisotopic (exact) mass is 400 g/mol. The molecule has 0 unspecified atom stereocenters. The first-order valence-corrected chi connectivity index (χ1v) is 11.1. The Morgan fingerprint density at radius 2 is 1.93 bits per heavy atom. The van der Waals surface area contributed by atoms with E-state index >= 15 is 0 Å². The van der Waals surface area contributed by atoms with E-state index in [1.165, 1.54) is 15.8 Å². The summed E-state index contributed by atoms with van der Waals surface area (Å²) in [4.78, 5) is 17.5. The number of thiazole rings is 1. The van der Waals surface area contributed by atoms with Crippen LogP contribution in [0.5, 0.6) is 5.75 Å². The number of hydrogen-bond donors (Lipinski definition) is 0. The number of carbonyl (C=O) groups is 1. The van der Waals surface area contributed by atoms with Crippen LogP contribution in [0.4, 0.5) is 0 Å². The minimum Gasteiger partial charge on any atom is -0.493 e. The molecule has 1 aromatic heterocycles. The van der Waals surface area contributed by atoms with E-state index in [4.69, 9.17) is 4.74 Å². The molecule has 0 fully saturated rings. The Bertz CT molecular complexity index is 991. The second kappa shape index (κ2) is 9.24. The van der Waals surface area contributed by atoms with Gasteiger partial charge >= 0.3 is 0 Å². The van der Waals surface area contributed by atoms with Crippen LogP contribution in [0, 0.1) is 13.8 Å². The number of hydrogen-bond acceptors (Lipinski definition) is 4. The first-order valence-electron chi connectivity index (χ1n) is 8.93. The van der Waals surface area contributed by atoms with Gasteiger partial charge in [-0.25, -0.2) is 0 Å². The van der Waals surface area contributed by atoms with Gasteiger partial charge in [-0.1, -0.05) is 29.5 Å². The van der Waals surface area contributed by atoms with E-state index in [2.05, 4.69) is 41.8 Å². The first-order chi connectivity index (χ1) is 13.1. The number of aryl methyl sites for hydroxylation is 3. The molecule has 0 bridgehead atoms. The molecular weight excluding hydrogens is 376 g/mol. The SMILES string of the molecule is CSCCn1c(=NC(=O)CCOc2ccccc2)sc2cc(C)c(C)cc21. The van der Waals surface area contributed by atoms with Gasteiger partial charge in [-0.3, -0.25) is 4.79 Å². The van der Waals surface area contributed by atoms with Gasteiger partial charge in [0.25, 0.3) is 5.91 Å². The standard InChI is InChI=1S/C21H24N2O2S2/c1-15-13-18-19(14-16(15)2)27-21(23(18)10-12-26-3)22-20(24)9-11-25-17-7-5-4-6-8-17/h4-8,13-14H,9-12H2,1-3H3. The normalized spacial score (nSPS) is 11.9.